The highest BCUT2D eigenvalue weighted by Gasteiger charge is 2.71. The van der Waals surface area contributed by atoms with E-state index in [0.717, 1.165) is 12.1 Å². The second kappa shape index (κ2) is 3.36. The highest BCUT2D eigenvalue weighted by molar-refractivity contribution is 5.52. The predicted molar refractivity (Wildman–Crippen MR) is 55.1 cm³/mol. The van der Waals surface area contributed by atoms with Crippen LogP contribution in [-0.2, 0) is 5.41 Å². The molecule has 1 unspecified atom stereocenters. The summed E-state index contributed by atoms with van der Waals surface area (Å²) < 4.78 is 26.5. The van der Waals surface area contributed by atoms with Gasteiger partial charge in [-0.15, -0.1) is 0 Å². The summed E-state index contributed by atoms with van der Waals surface area (Å²) in [5.74, 6) is -3.53. The molecule has 1 saturated carbocycles. The third-order valence-electron chi connectivity index (χ3n) is 3.17. The van der Waals surface area contributed by atoms with Crippen molar-refractivity contribution in [1.29, 1.82) is 0 Å². The molecule has 1 aliphatic rings. The molecule has 0 aliphatic heterocycles. The third kappa shape index (κ3) is 1.54. The maximum atomic E-state index is 13.2. The number of halogens is 2. The normalized spacial score (nSPS) is 25.6. The molecule has 0 amide bonds. The van der Waals surface area contributed by atoms with Crippen molar-refractivity contribution in [1.82, 2.24) is 0 Å². The molecule has 0 saturated heterocycles. The first-order valence-electron chi connectivity index (χ1n) is 4.90. The van der Waals surface area contributed by atoms with Crippen molar-refractivity contribution in [3.8, 4) is 5.75 Å². The van der Waals surface area contributed by atoms with Crippen molar-refractivity contribution in [3.63, 3.8) is 0 Å². The van der Waals surface area contributed by atoms with Gasteiger partial charge in [0.15, 0.2) is 5.75 Å². The molecule has 1 atom stereocenters. The number of nitrogens with zero attached hydrogens (tertiary/aromatic N) is 1. The van der Waals surface area contributed by atoms with Gasteiger partial charge in [0.1, 0.15) is 0 Å². The molecule has 0 radical (unpaired) electrons. The van der Waals surface area contributed by atoms with E-state index in [1.54, 1.807) is 0 Å². The number of phenols is 1. The van der Waals surface area contributed by atoms with Crippen LogP contribution in [0.1, 0.15) is 12.0 Å². The zero-order valence-corrected chi connectivity index (χ0v) is 8.69. The molecule has 0 spiro atoms. The lowest BCUT2D eigenvalue weighted by atomic mass is 9.95. The maximum absolute atomic E-state index is 13.2. The maximum Gasteiger partial charge on any atom is 0.310 e. The first-order chi connectivity index (χ1) is 7.84. The smallest absolute Gasteiger partial charge is 0.310 e. The molecule has 1 aliphatic carbocycles. The van der Waals surface area contributed by atoms with E-state index < -0.39 is 34.1 Å². The Hall–Kier alpha value is -1.76. The van der Waals surface area contributed by atoms with Gasteiger partial charge in [-0.25, -0.2) is 8.78 Å². The summed E-state index contributed by atoms with van der Waals surface area (Å²) in [6.45, 7) is -0.267. The number of benzene rings is 1. The van der Waals surface area contributed by atoms with Gasteiger partial charge in [0.2, 0.25) is 0 Å². The Morgan fingerprint density at radius 3 is 2.47 bits per heavy atom. The molecule has 2 rings (SSSR count). The van der Waals surface area contributed by atoms with Gasteiger partial charge in [-0.05, 0) is 11.6 Å². The van der Waals surface area contributed by atoms with Crippen LogP contribution in [-0.4, -0.2) is 22.5 Å². The molecule has 3 N–H and O–H groups in total. The van der Waals surface area contributed by atoms with Gasteiger partial charge in [0.05, 0.1) is 10.3 Å². The molecule has 0 heterocycles. The van der Waals surface area contributed by atoms with Crippen LogP contribution < -0.4 is 5.73 Å². The highest BCUT2D eigenvalue weighted by Crippen LogP contribution is 2.61. The van der Waals surface area contributed by atoms with E-state index >= 15 is 0 Å². The number of alkyl halides is 2. The number of aromatic hydroxyl groups is 1. The number of nitrogens with two attached hydrogens (primary N) is 1. The van der Waals surface area contributed by atoms with Gasteiger partial charge in [0, 0.05) is 19.0 Å². The summed E-state index contributed by atoms with van der Waals surface area (Å²) in [6, 6.07) is 3.22. The van der Waals surface area contributed by atoms with Crippen molar-refractivity contribution in [3.05, 3.63) is 33.9 Å². The lowest BCUT2D eigenvalue weighted by molar-refractivity contribution is -0.385. The minimum atomic E-state index is -2.91. The number of hydrogen-bond donors (Lipinski definition) is 2. The Morgan fingerprint density at radius 2 is 2.12 bits per heavy atom. The number of nitro groups is 1. The average molecular weight is 244 g/mol. The second-order valence-electron chi connectivity index (χ2n) is 4.13. The predicted octanol–water partition coefficient (Wildman–Crippen LogP) is 1.54. The fourth-order valence-corrected chi connectivity index (χ4v) is 1.96. The fraction of sp³-hybridized carbons (Fsp3) is 0.400. The Kier molecular flexibility index (Phi) is 2.32. The molecule has 0 aromatic heterocycles. The van der Waals surface area contributed by atoms with Crippen LogP contribution in [0.15, 0.2) is 18.2 Å². The molecule has 7 heteroatoms. The second-order valence-corrected chi connectivity index (χ2v) is 4.13. The van der Waals surface area contributed by atoms with E-state index in [-0.39, 0.29) is 12.1 Å². The van der Waals surface area contributed by atoms with Crippen molar-refractivity contribution in [2.24, 2.45) is 5.73 Å². The first kappa shape index (κ1) is 11.7. The summed E-state index contributed by atoms with van der Waals surface area (Å²) in [7, 11) is 0. The van der Waals surface area contributed by atoms with Crippen LogP contribution >= 0.6 is 0 Å². The van der Waals surface area contributed by atoms with E-state index in [0.29, 0.717) is 0 Å². The highest BCUT2D eigenvalue weighted by atomic mass is 19.3. The molecule has 92 valence electrons. The Balaban J connectivity index is 2.43. The van der Waals surface area contributed by atoms with Crippen LogP contribution in [0.2, 0.25) is 0 Å². The summed E-state index contributed by atoms with van der Waals surface area (Å²) in [4.78, 5) is 9.69. The molecule has 1 aromatic carbocycles. The van der Waals surface area contributed by atoms with E-state index in [1.165, 1.54) is 6.07 Å². The standard InChI is InChI=1S/C10H10F2N2O3/c11-10(12)4-9(10,5-13)6-1-2-7(14(16)17)8(15)3-6/h1-3,15H,4-5,13H2. The molecule has 1 fully saturated rings. The minimum Gasteiger partial charge on any atom is -0.502 e. The zero-order valence-electron chi connectivity index (χ0n) is 8.69. The van der Waals surface area contributed by atoms with Gasteiger partial charge in [-0.3, -0.25) is 10.1 Å². The first-order valence-corrected chi connectivity index (χ1v) is 4.90. The third-order valence-corrected chi connectivity index (χ3v) is 3.17. The van der Waals surface area contributed by atoms with Crippen LogP contribution in [0, 0.1) is 10.1 Å². The van der Waals surface area contributed by atoms with Crippen LogP contribution in [0.3, 0.4) is 0 Å². The summed E-state index contributed by atoms with van der Waals surface area (Å²) in [5.41, 5.74) is 3.47. The lowest BCUT2D eigenvalue weighted by Crippen LogP contribution is -2.26. The van der Waals surface area contributed by atoms with Gasteiger partial charge in [0.25, 0.3) is 5.92 Å². The molecule has 17 heavy (non-hydrogen) atoms. The fourth-order valence-electron chi connectivity index (χ4n) is 1.96. The van der Waals surface area contributed by atoms with Crippen molar-refractivity contribution in [2.45, 2.75) is 17.8 Å². The largest absolute Gasteiger partial charge is 0.502 e. The Morgan fingerprint density at radius 1 is 1.53 bits per heavy atom. The molecule has 0 bridgehead atoms. The van der Waals surface area contributed by atoms with Gasteiger partial charge in [-0.2, -0.15) is 0 Å². The Labute approximate surface area is 95.0 Å². The van der Waals surface area contributed by atoms with Crippen LogP contribution in [0.4, 0.5) is 14.5 Å². The summed E-state index contributed by atoms with van der Waals surface area (Å²) in [6.07, 6.45) is -0.395. The average Bonchev–Trinajstić information content (AvgIpc) is 2.81. The topological polar surface area (TPSA) is 89.4 Å². The van der Waals surface area contributed by atoms with Gasteiger partial charge >= 0.3 is 5.69 Å². The molecule has 5 nitrogen and oxygen atoms in total. The number of rotatable bonds is 3. The van der Waals surface area contributed by atoms with Crippen LogP contribution in [0.25, 0.3) is 0 Å². The number of phenolic OH excluding ortho intramolecular Hbond substituents is 1. The van der Waals surface area contributed by atoms with Crippen molar-refractivity contribution < 1.29 is 18.8 Å². The summed E-state index contributed by atoms with van der Waals surface area (Å²) in [5, 5.41) is 19.9. The van der Waals surface area contributed by atoms with Crippen LogP contribution in [0.5, 0.6) is 5.75 Å². The van der Waals surface area contributed by atoms with E-state index in [4.69, 9.17) is 5.73 Å². The number of hydrogen-bond acceptors (Lipinski definition) is 4. The van der Waals surface area contributed by atoms with E-state index in [9.17, 15) is 24.0 Å². The molecular weight excluding hydrogens is 234 g/mol. The van der Waals surface area contributed by atoms with Gasteiger partial charge in [-0.1, -0.05) is 6.07 Å². The van der Waals surface area contributed by atoms with Gasteiger partial charge < -0.3 is 10.8 Å². The molecule has 1 aromatic rings. The Bertz CT molecular complexity index is 492. The quantitative estimate of drug-likeness (QED) is 0.623. The molecular formula is C10H10F2N2O3. The van der Waals surface area contributed by atoms with Crippen molar-refractivity contribution in [2.75, 3.05) is 6.54 Å². The minimum absolute atomic E-state index is 0.133. The lowest BCUT2D eigenvalue weighted by Gasteiger charge is -2.14. The zero-order chi connectivity index (χ0) is 12.8. The SMILES string of the molecule is NCC1(c2ccc([N+](=O)[O-])c(O)c2)CC1(F)F. The summed E-state index contributed by atoms with van der Waals surface area (Å²) >= 11 is 0. The number of nitro benzene ring substituents is 1. The van der Waals surface area contributed by atoms with E-state index in [2.05, 4.69) is 0 Å². The van der Waals surface area contributed by atoms with Crippen molar-refractivity contribution >= 4 is 5.69 Å². The monoisotopic (exact) mass is 244 g/mol. The van der Waals surface area contributed by atoms with E-state index in [1.807, 2.05) is 0 Å².